The van der Waals surface area contributed by atoms with Crippen molar-refractivity contribution in [3.05, 3.63) is 18.3 Å². The van der Waals surface area contributed by atoms with Gasteiger partial charge in [0, 0.05) is 24.5 Å². The smallest absolute Gasteiger partial charge is 0.242 e. The average molecular weight is 237 g/mol. The van der Waals surface area contributed by atoms with Crippen LogP contribution in [0.1, 0.15) is 20.3 Å². The Morgan fingerprint density at radius 3 is 3.00 bits per heavy atom. The van der Waals surface area contributed by atoms with Crippen LogP contribution in [-0.4, -0.2) is 23.5 Å². The number of carbonyl (C=O) groups is 1. The molecule has 0 aliphatic carbocycles. The second-order valence-electron chi connectivity index (χ2n) is 3.73. The van der Waals surface area contributed by atoms with E-state index in [0.717, 1.165) is 12.1 Å². The topological polar surface area (TPSA) is 92.1 Å². The van der Waals surface area contributed by atoms with E-state index in [1.165, 1.54) is 0 Å². The van der Waals surface area contributed by atoms with Gasteiger partial charge in [0.25, 0.3) is 0 Å². The highest BCUT2D eigenvalue weighted by Crippen LogP contribution is 2.11. The summed E-state index contributed by atoms with van der Waals surface area (Å²) in [5.74, 6) is 5.79. The molecule has 17 heavy (non-hydrogen) atoms. The summed E-state index contributed by atoms with van der Waals surface area (Å²) < 4.78 is 0. The molecule has 1 unspecified atom stereocenters. The number of nitrogen functional groups attached to an aromatic ring is 1. The van der Waals surface area contributed by atoms with Gasteiger partial charge in [-0.3, -0.25) is 4.79 Å². The summed E-state index contributed by atoms with van der Waals surface area (Å²) in [5, 5.41) is 5.90. The maximum atomic E-state index is 11.6. The van der Waals surface area contributed by atoms with Crippen LogP contribution in [0, 0.1) is 0 Å². The Hall–Kier alpha value is -1.82. The molecule has 1 aromatic heterocycles. The van der Waals surface area contributed by atoms with Gasteiger partial charge in [-0.2, -0.15) is 0 Å². The fourth-order valence-electron chi connectivity index (χ4n) is 1.32. The van der Waals surface area contributed by atoms with E-state index >= 15 is 0 Å². The normalized spacial score (nSPS) is 11.7. The number of amides is 1. The lowest BCUT2D eigenvalue weighted by molar-refractivity contribution is -0.121. The van der Waals surface area contributed by atoms with Crippen LogP contribution >= 0.6 is 0 Å². The van der Waals surface area contributed by atoms with E-state index in [4.69, 9.17) is 5.84 Å². The van der Waals surface area contributed by atoms with Gasteiger partial charge in [0.2, 0.25) is 5.91 Å². The third-order valence-corrected chi connectivity index (χ3v) is 2.23. The third kappa shape index (κ3) is 4.28. The highest BCUT2D eigenvalue weighted by atomic mass is 16.2. The Kier molecular flexibility index (Phi) is 5.22. The molecule has 0 saturated carbocycles. The molecule has 0 saturated heterocycles. The highest BCUT2D eigenvalue weighted by Gasteiger charge is 2.11. The lowest BCUT2D eigenvalue weighted by Gasteiger charge is -2.15. The number of nitrogens with zero attached hydrogens (tertiary/aromatic N) is 1. The molecule has 1 aromatic rings. The maximum absolute atomic E-state index is 11.6. The van der Waals surface area contributed by atoms with Gasteiger partial charge in [0.15, 0.2) is 0 Å². The number of anilines is 2. The van der Waals surface area contributed by atoms with Gasteiger partial charge in [-0.25, -0.2) is 10.8 Å². The number of hydrogen-bond donors (Lipinski definition) is 4. The molecule has 0 fully saturated rings. The van der Waals surface area contributed by atoms with Crippen molar-refractivity contribution in [3.8, 4) is 0 Å². The van der Waals surface area contributed by atoms with Crippen LogP contribution in [0.2, 0.25) is 0 Å². The Balaban J connectivity index is 2.54. The minimum absolute atomic E-state index is 0.0223. The molecular formula is C11H19N5O. The molecule has 0 aromatic carbocycles. The molecule has 94 valence electrons. The third-order valence-electron chi connectivity index (χ3n) is 2.23. The Bertz CT molecular complexity index is 369. The second-order valence-corrected chi connectivity index (χ2v) is 3.73. The molecular weight excluding hydrogens is 218 g/mol. The van der Waals surface area contributed by atoms with Crippen molar-refractivity contribution in [2.24, 2.45) is 5.84 Å². The second kappa shape index (κ2) is 6.70. The summed E-state index contributed by atoms with van der Waals surface area (Å²) in [6.07, 6.45) is 2.54. The largest absolute Gasteiger partial charge is 0.374 e. The minimum atomic E-state index is -0.297. The maximum Gasteiger partial charge on any atom is 0.242 e. The molecule has 0 spiro atoms. The number of carbonyl (C=O) groups excluding carboxylic acids is 1. The lowest BCUT2D eigenvalue weighted by Crippen LogP contribution is -2.37. The summed E-state index contributed by atoms with van der Waals surface area (Å²) >= 11 is 0. The summed E-state index contributed by atoms with van der Waals surface area (Å²) in [7, 11) is 0. The first-order chi connectivity index (χ1) is 8.17. The van der Waals surface area contributed by atoms with Gasteiger partial charge >= 0.3 is 0 Å². The Morgan fingerprint density at radius 1 is 1.59 bits per heavy atom. The van der Waals surface area contributed by atoms with Gasteiger partial charge in [-0.15, -0.1) is 0 Å². The van der Waals surface area contributed by atoms with Crippen molar-refractivity contribution in [2.45, 2.75) is 26.3 Å². The average Bonchev–Trinajstić information content (AvgIpc) is 2.36. The number of nitrogens with one attached hydrogen (secondary N) is 3. The van der Waals surface area contributed by atoms with Crippen molar-refractivity contribution in [1.29, 1.82) is 0 Å². The van der Waals surface area contributed by atoms with Crippen molar-refractivity contribution < 1.29 is 4.79 Å². The number of hydrazine groups is 1. The predicted molar refractivity (Wildman–Crippen MR) is 68.4 cm³/mol. The first-order valence-corrected chi connectivity index (χ1v) is 5.64. The lowest BCUT2D eigenvalue weighted by atomic mass is 10.2. The molecule has 0 bridgehead atoms. The monoisotopic (exact) mass is 237 g/mol. The van der Waals surface area contributed by atoms with Gasteiger partial charge in [0.1, 0.15) is 11.9 Å². The zero-order valence-corrected chi connectivity index (χ0v) is 10.2. The highest BCUT2D eigenvalue weighted by molar-refractivity contribution is 5.84. The zero-order chi connectivity index (χ0) is 12.7. The summed E-state index contributed by atoms with van der Waals surface area (Å²) in [4.78, 5) is 15.6. The summed E-state index contributed by atoms with van der Waals surface area (Å²) in [5.41, 5.74) is 3.25. The van der Waals surface area contributed by atoms with Crippen LogP contribution in [-0.2, 0) is 4.79 Å². The van der Waals surface area contributed by atoms with E-state index < -0.39 is 0 Å². The SMILES string of the molecule is CCCNC(=O)C(C)Nc1ccnc(NN)c1. The fraction of sp³-hybridized carbons (Fsp3) is 0.455. The van der Waals surface area contributed by atoms with Crippen LogP contribution in [0.5, 0.6) is 0 Å². The van der Waals surface area contributed by atoms with Crippen molar-refractivity contribution in [2.75, 3.05) is 17.3 Å². The minimum Gasteiger partial charge on any atom is -0.374 e. The first-order valence-electron chi connectivity index (χ1n) is 5.64. The number of aromatic nitrogens is 1. The zero-order valence-electron chi connectivity index (χ0n) is 10.2. The molecule has 5 N–H and O–H groups in total. The fourth-order valence-corrected chi connectivity index (χ4v) is 1.32. The summed E-state index contributed by atoms with van der Waals surface area (Å²) in [6, 6.07) is 3.23. The molecule has 0 aliphatic heterocycles. The molecule has 1 rings (SSSR count). The van der Waals surface area contributed by atoms with E-state index in [9.17, 15) is 4.79 Å². The Morgan fingerprint density at radius 2 is 2.35 bits per heavy atom. The van der Waals surface area contributed by atoms with Gasteiger partial charge in [-0.05, 0) is 19.4 Å². The van der Waals surface area contributed by atoms with Crippen molar-refractivity contribution in [1.82, 2.24) is 10.3 Å². The number of hydrogen-bond acceptors (Lipinski definition) is 5. The molecule has 0 aliphatic rings. The predicted octanol–water partition coefficient (Wildman–Crippen LogP) is 0.694. The van der Waals surface area contributed by atoms with Crippen LogP contribution in [0.15, 0.2) is 18.3 Å². The molecule has 0 radical (unpaired) electrons. The van der Waals surface area contributed by atoms with Gasteiger partial charge < -0.3 is 16.1 Å². The number of nitrogens with two attached hydrogens (primary N) is 1. The Labute approximate surface area is 101 Å². The molecule has 6 nitrogen and oxygen atoms in total. The van der Waals surface area contributed by atoms with E-state index in [1.807, 2.05) is 6.92 Å². The van der Waals surface area contributed by atoms with E-state index in [1.54, 1.807) is 25.3 Å². The van der Waals surface area contributed by atoms with Crippen LogP contribution in [0.3, 0.4) is 0 Å². The van der Waals surface area contributed by atoms with Gasteiger partial charge in [-0.1, -0.05) is 6.92 Å². The molecule has 1 heterocycles. The first kappa shape index (κ1) is 13.2. The number of pyridine rings is 1. The summed E-state index contributed by atoms with van der Waals surface area (Å²) in [6.45, 7) is 4.51. The van der Waals surface area contributed by atoms with Crippen molar-refractivity contribution >= 4 is 17.4 Å². The molecule has 1 amide bonds. The van der Waals surface area contributed by atoms with E-state index in [2.05, 4.69) is 21.0 Å². The number of rotatable bonds is 6. The van der Waals surface area contributed by atoms with Crippen molar-refractivity contribution in [3.63, 3.8) is 0 Å². The molecule has 6 heteroatoms. The van der Waals surface area contributed by atoms with Crippen LogP contribution in [0.25, 0.3) is 0 Å². The van der Waals surface area contributed by atoms with Gasteiger partial charge in [0.05, 0.1) is 0 Å². The van der Waals surface area contributed by atoms with Crippen LogP contribution in [0.4, 0.5) is 11.5 Å². The van der Waals surface area contributed by atoms with Crippen LogP contribution < -0.4 is 21.9 Å². The standard InChI is InChI=1S/C11H19N5O/c1-3-5-14-11(17)8(2)15-9-4-6-13-10(7-9)16-12/h4,6-8H,3,5,12H2,1-2H3,(H,14,17)(H2,13,15,16). The molecule has 1 atom stereocenters. The quantitative estimate of drug-likeness (QED) is 0.431. The van der Waals surface area contributed by atoms with E-state index in [0.29, 0.717) is 12.4 Å². The van der Waals surface area contributed by atoms with E-state index in [-0.39, 0.29) is 11.9 Å².